The molecule has 0 bridgehead atoms. The van der Waals surface area contributed by atoms with Crippen LogP contribution in [0.4, 0.5) is 39.8 Å². The summed E-state index contributed by atoms with van der Waals surface area (Å²) in [5.41, 5.74) is 48.6. The van der Waals surface area contributed by atoms with E-state index in [1.807, 2.05) is 36.4 Å². The summed E-state index contributed by atoms with van der Waals surface area (Å²) in [4.78, 5) is 2.42. The molecule has 0 aromatic heterocycles. The third-order valence-corrected chi connectivity index (χ3v) is 32.1. The van der Waals surface area contributed by atoms with Crippen LogP contribution < -0.4 is 75.9 Å². The first kappa shape index (κ1) is 138. The Morgan fingerprint density at radius 1 is 0.331 bits per heavy atom. The van der Waals surface area contributed by atoms with Gasteiger partial charge in [0, 0.05) is 165 Å². The number of ether oxygens (including phenoxy) is 2. The Balaban J connectivity index is 0.000000563. The van der Waals surface area contributed by atoms with Gasteiger partial charge in [0.1, 0.15) is 5.75 Å². The monoisotopic (exact) mass is 2200 g/mol. The average Bonchev–Trinajstić information content (AvgIpc) is 0.839. The molecular formula is C114H196ClN13O14S6-6. The first-order chi connectivity index (χ1) is 69.7. The fourth-order valence-electron chi connectivity index (χ4n) is 16.6. The highest BCUT2D eigenvalue weighted by atomic mass is 35.5. The quantitative estimate of drug-likeness (QED) is 0.0194. The molecule has 7 aliphatic rings. The van der Waals surface area contributed by atoms with Crippen LogP contribution in [0.1, 0.15) is 334 Å². The van der Waals surface area contributed by atoms with Crippen LogP contribution in [0, 0.1) is 35.5 Å². The molecule has 6 saturated carbocycles. The van der Waals surface area contributed by atoms with E-state index in [0.29, 0.717) is 60.3 Å². The summed E-state index contributed by atoms with van der Waals surface area (Å²) >= 11 is -5.37. The zero-order valence-corrected chi connectivity index (χ0v) is 99.5. The van der Waals surface area contributed by atoms with E-state index >= 15 is 0 Å². The molecule has 148 heavy (non-hydrogen) atoms. The van der Waals surface area contributed by atoms with Crippen molar-refractivity contribution in [3.05, 3.63) is 167 Å². The first-order valence-corrected chi connectivity index (χ1v) is 61.6. The zero-order chi connectivity index (χ0) is 111. The lowest BCUT2D eigenvalue weighted by Crippen LogP contribution is -2.45. The molecule has 6 aromatic rings. The number of morpholine rings is 1. The van der Waals surface area contributed by atoms with Crippen molar-refractivity contribution in [1.82, 2.24) is 0 Å². The lowest BCUT2D eigenvalue weighted by molar-refractivity contribution is -0.00522. The van der Waals surface area contributed by atoms with Crippen molar-refractivity contribution in [2.75, 3.05) is 96.3 Å². The predicted octanol–water partition coefficient (Wildman–Crippen LogP) is 22.5. The number of nitrogens with one attached hydrogen (secondary N) is 6. The second kappa shape index (κ2) is 78.5. The fourth-order valence-corrected chi connectivity index (χ4v) is 16.7. The van der Waals surface area contributed by atoms with Gasteiger partial charge in [-0.3, -0.25) is 25.3 Å². The molecule has 0 radical (unpaired) electrons. The van der Waals surface area contributed by atoms with Crippen LogP contribution in [0.2, 0.25) is 5.02 Å². The predicted molar refractivity (Wildman–Crippen MR) is 629 cm³/mol. The van der Waals surface area contributed by atoms with Gasteiger partial charge in [0.25, 0.3) is 0 Å². The summed E-state index contributed by atoms with van der Waals surface area (Å²) < 4.78 is 127. The molecule has 13 rings (SSSR count). The third kappa shape index (κ3) is 66.6. The molecular weight excluding hydrogens is 2000 g/mol. The highest BCUT2D eigenvalue weighted by Gasteiger charge is 2.27. The van der Waals surface area contributed by atoms with Crippen LogP contribution in [0.5, 0.6) is 5.75 Å². The lowest BCUT2D eigenvalue weighted by atomic mass is 9.86. The van der Waals surface area contributed by atoms with Gasteiger partial charge in [-0.15, -0.1) is 0 Å². The van der Waals surface area contributed by atoms with E-state index in [1.165, 1.54) is 211 Å². The smallest absolute Gasteiger partial charge is 0.119 e. The standard InChI is InChI=1S/C19H31N3O.2C17H28N2.C16H26N2.C14H22N2O.C13H19ClN2.6C3H8O2S/c1-14-12-22(13-15(2)23-14)19-9-7-18(8-10-19)21-11-16-3-5-17(20)6-4-16;1-17(2,3)14-6-10-16(11-7-14)19-12-13-4-8-15(18)9-5-13;1-3-13(2)15-6-10-17(11-7-15)19-12-14-4-8-16(18)9-5-14;1-12(2)14-5-9-16(10-6-14)18-11-13-3-7-15(17)8-4-13;1-17-14-8-6-13(7-9-14)16-10-11-2-4-12(15)5-3-11;14-11-3-7-13(8-4-11)16-9-10-1-5-12(15)6-2-10;6*1-3(2)6(4)5/h7-10,14-17,21H,3-6,11-13,20H2,1-2H3;6-7,10-11,13,15,19H,4-5,8-9,12,18H2,1-3H3;6-7,10-11,13-14,16,19H,3-5,8-9,12,18H2,1-2H3;5-6,9-10,12-13,15,18H,3-4,7-8,11,17H2,1-2H3;6-9,11-12,16H,2-5,10,15H2,1H3;3-4,7-8,10,12,16H,1-2,5-6,9,15H2;6*3H,1-2H3,(H,4,5)/p-6/t14-,15+,16?,17?;;;;;;;;;;;. The molecule has 0 amide bonds. The molecule has 27 nitrogen and oxygen atoms in total. The number of nitrogens with two attached hydrogens (primary N) is 6. The second-order valence-corrected chi connectivity index (χ2v) is 53.0. The summed E-state index contributed by atoms with van der Waals surface area (Å²) in [6.07, 6.45) is 31.2. The van der Waals surface area contributed by atoms with Gasteiger partial charge in [0.2, 0.25) is 0 Å². The number of methoxy groups -OCH3 is 1. The van der Waals surface area contributed by atoms with Crippen molar-refractivity contribution in [2.24, 2.45) is 69.9 Å². The molecule has 0 spiro atoms. The van der Waals surface area contributed by atoms with Gasteiger partial charge >= 0.3 is 0 Å². The molecule has 9 atom stereocenters. The summed E-state index contributed by atoms with van der Waals surface area (Å²) in [6.45, 7) is 48.0. The number of halogens is 1. The van der Waals surface area contributed by atoms with Gasteiger partial charge in [-0.2, -0.15) is 0 Å². The summed E-state index contributed by atoms with van der Waals surface area (Å²) in [5.74, 6) is 6.89. The van der Waals surface area contributed by atoms with Gasteiger partial charge < -0.3 is 108 Å². The number of benzene rings is 6. The molecule has 7 unspecified atom stereocenters. The Bertz CT molecular complexity index is 4330. The fraction of sp³-hybridized carbons (Fsp3) is 0.684. The summed E-state index contributed by atoms with van der Waals surface area (Å²) in [5, 5.41) is 20.6. The molecule has 1 saturated heterocycles. The van der Waals surface area contributed by atoms with Crippen molar-refractivity contribution in [2.45, 2.75) is 403 Å². The molecule has 18 N–H and O–H groups in total. The Labute approximate surface area is 915 Å². The average molecular weight is 2200 g/mol. The SMILES string of the molecule is CC(C)(C)c1ccc(NCC2CCC(N)CC2)cc1.CC(C)S(=O)[O-].CC(C)S(=O)[O-].CC(C)S(=O)[O-].CC(C)S(=O)[O-].CC(C)S(=O)[O-].CC(C)S(=O)[O-].CC(C)c1ccc(NCC2CCC(N)CC2)cc1.CCC(C)c1ccc(NCC2CCC(N)CC2)cc1.COc1ccc(NCC2CCC(N)CC2)cc1.C[C@@H]1CN(c2ccc(NCC3CCC(N)CC3)cc2)C[C@H](C)O1.NC1CCC(CNc2ccc(Cl)cc2)CC1. The molecule has 6 aromatic carbocycles. The van der Waals surface area contributed by atoms with Crippen LogP contribution in [-0.2, 0) is 76.6 Å². The Morgan fingerprint density at radius 2 is 0.527 bits per heavy atom. The zero-order valence-electron chi connectivity index (χ0n) is 93.8. The highest BCUT2D eigenvalue weighted by molar-refractivity contribution is 7.80. The van der Waals surface area contributed by atoms with Crippen molar-refractivity contribution in [3.63, 3.8) is 0 Å². The maximum atomic E-state index is 9.70. The number of rotatable bonds is 29. The van der Waals surface area contributed by atoms with E-state index < -0.39 is 66.5 Å². The Morgan fingerprint density at radius 3 is 0.723 bits per heavy atom. The lowest BCUT2D eigenvalue weighted by Gasteiger charge is -2.37. The normalized spacial score (nSPS) is 23.5. The van der Waals surface area contributed by atoms with Gasteiger partial charge in [-0.25, -0.2) is 0 Å². The van der Waals surface area contributed by atoms with E-state index in [-0.39, 0.29) is 36.9 Å². The number of nitrogens with zero attached hydrogens (tertiary/aromatic N) is 1. The van der Waals surface area contributed by atoms with Crippen molar-refractivity contribution in [1.29, 1.82) is 0 Å². The van der Waals surface area contributed by atoms with E-state index in [4.69, 9.17) is 55.5 Å². The molecule has 850 valence electrons. The molecule has 1 heterocycles. The minimum atomic E-state index is -1.87. The molecule has 34 heteroatoms. The first-order valence-electron chi connectivity index (χ1n) is 54.4. The van der Waals surface area contributed by atoms with E-state index in [2.05, 4.69) is 208 Å². The number of hydrogen-bond acceptors (Lipinski definition) is 27. The van der Waals surface area contributed by atoms with Crippen molar-refractivity contribution < 1.29 is 62.0 Å². The van der Waals surface area contributed by atoms with E-state index in [1.54, 1.807) is 90.2 Å². The van der Waals surface area contributed by atoms with Gasteiger partial charge in [-0.1, -0.05) is 246 Å². The maximum absolute atomic E-state index is 9.70. The number of anilines is 7. The van der Waals surface area contributed by atoms with E-state index in [0.717, 1.165) is 104 Å². The van der Waals surface area contributed by atoms with Crippen LogP contribution in [0.15, 0.2) is 146 Å². The van der Waals surface area contributed by atoms with Crippen LogP contribution in [0.25, 0.3) is 0 Å². The molecule has 7 fully saturated rings. The topological polar surface area (TPSA) is 491 Å². The van der Waals surface area contributed by atoms with Crippen LogP contribution in [-0.4, -0.2) is 192 Å². The highest BCUT2D eigenvalue weighted by Crippen LogP contribution is 2.33. The third-order valence-electron chi connectivity index (χ3n) is 27.2. The Hall–Kier alpha value is -5.61. The van der Waals surface area contributed by atoms with E-state index in [9.17, 15) is 52.6 Å². The number of hydrogen-bond donors (Lipinski definition) is 12. The largest absolute Gasteiger partial charge is 0.772 e. The van der Waals surface area contributed by atoms with Crippen LogP contribution in [0.3, 0.4) is 0 Å². The second-order valence-electron chi connectivity index (χ2n) is 43.8. The van der Waals surface area contributed by atoms with Gasteiger partial charge in [-0.05, 0) is 353 Å². The minimum absolute atomic E-state index is 0.231. The van der Waals surface area contributed by atoms with Crippen LogP contribution >= 0.6 is 11.6 Å². The molecule has 6 aliphatic carbocycles. The summed E-state index contributed by atoms with van der Waals surface area (Å²) in [6, 6.07) is 54.2. The maximum Gasteiger partial charge on any atom is 0.119 e. The minimum Gasteiger partial charge on any atom is -0.772 e. The Kier molecular flexibility index (Phi) is 73.5. The van der Waals surface area contributed by atoms with Crippen molar-refractivity contribution >= 4 is 118 Å². The summed E-state index contributed by atoms with van der Waals surface area (Å²) in [7, 11) is 1.69. The van der Waals surface area contributed by atoms with Crippen molar-refractivity contribution in [3.8, 4) is 5.75 Å². The molecule has 1 aliphatic heterocycles. The van der Waals surface area contributed by atoms with Gasteiger partial charge in [0.05, 0.1) is 19.3 Å². The van der Waals surface area contributed by atoms with Gasteiger partial charge in [0.15, 0.2) is 0 Å².